The van der Waals surface area contributed by atoms with Gasteiger partial charge in [0.15, 0.2) is 0 Å². The van der Waals surface area contributed by atoms with Crippen LogP contribution in [0.25, 0.3) is 0 Å². The minimum Gasteiger partial charge on any atom is -0.508 e. The van der Waals surface area contributed by atoms with E-state index in [9.17, 15) is 9.90 Å². The van der Waals surface area contributed by atoms with Crippen molar-refractivity contribution >= 4 is 5.91 Å². The van der Waals surface area contributed by atoms with Crippen molar-refractivity contribution in [3.05, 3.63) is 29.3 Å². The van der Waals surface area contributed by atoms with E-state index in [1.54, 1.807) is 12.1 Å². The maximum atomic E-state index is 11.8. The number of hydrogen-bond acceptors (Lipinski definition) is 2. The number of amides is 1. The van der Waals surface area contributed by atoms with Crippen molar-refractivity contribution in [1.82, 2.24) is 5.32 Å². The number of phenolic OH excluding ortho intramolecular Hbond substituents is 1. The zero-order valence-electron chi connectivity index (χ0n) is 10.8. The van der Waals surface area contributed by atoms with Crippen molar-refractivity contribution in [3.63, 3.8) is 0 Å². The Kier molecular flexibility index (Phi) is 5.01. The van der Waals surface area contributed by atoms with Gasteiger partial charge in [0.05, 0.1) is 0 Å². The van der Waals surface area contributed by atoms with Gasteiger partial charge in [0.25, 0.3) is 5.91 Å². The number of rotatable bonds is 5. The Morgan fingerprint density at radius 1 is 1.41 bits per heavy atom. The lowest BCUT2D eigenvalue weighted by atomic mass is 10.1. The zero-order valence-corrected chi connectivity index (χ0v) is 10.8. The van der Waals surface area contributed by atoms with Crippen molar-refractivity contribution in [2.45, 2.75) is 33.6 Å². The number of aromatic hydroxyl groups is 1. The SMILES string of the molecule is Cc1cc(O)ccc1C(=O)NCCCC(C)C. The standard InChI is InChI=1S/C14H21NO2/c1-10(2)5-4-8-15-14(17)13-7-6-12(16)9-11(13)3/h6-7,9-10,16H,4-5,8H2,1-3H3,(H,15,17). The van der Waals surface area contributed by atoms with E-state index in [0.29, 0.717) is 18.0 Å². The summed E-state index contributed by atoms with van der Waals surface area (Å²) in [6, 6.07) is 4.79. The van der Waals surface area contributed by atoms with Gasteiger partial charge in [0.2, 0.25) is 0 Å². The van der Waals surface area contributed by atoms with Gasteiger partial charge >= 0.3 is 0 Å². The molecule has 0 aliphatic carbocycles. The van der Waals surface area contributed by atoms with Crippen LogP contribution in [0.15, 0.2) is 18.2 Å². The Hall–Kier alpha value is -1.51. The van der Waals surface area contributed by atoms with Crippen molar-refractivity contribution < 1.29 is 9.90 Å². The quantitative estimate of drug-likeness (QED) is 0.771. The summed E-state index contributed by atoms with van der Waals surface area (Å²) in [5, 5.41) is 12.2. The predicted octanol–water partition coefficient (Wildman–Crippen LogP) is 2.87. The zero-order chi connectivity index (χ0) is 12.8. The largest absolute Gasteiger partial charge is 0.508 e. The molecule has 1 rings (SSSR count). The molecule has 0 aliphatic rings. The van der Waals surface area contributed by atoms with Crippen LogP contribution in [0.2, 0.25) is 0 Å². The maximum Gasteiger partial charge on any atom is 0.251 e. The summed E-state index contributed by atoms with van der Waals surface area (Å²) >= 11 is 0. The highest BCUT2D eigenvalue weighted by molar-refractivity contribution is 5.95. The molecule has 17 heavy (non-hydrogen) atoms. The molecule has 0 saturated carbocycles. The first-order valence-electron chi connectivity index (χ1n) is 6.08. The summed E-state index contributed by atoms with van der Waals surface area (Å²) in [6.07, 6.45) is 2.12. The van der Waals surface area contributed by atoms with Crippen LogP contribution in [0, 0.1) is 12.8 Å². The van der Waals surface area contributed by atoms with Gasteiger partial charge in [-0.3, -0.25) is 4.79 Å². The van der Waals surface area contributed by atoms with Crippen LogP contribution in [0.3, 0.4) is 0 Å². The molecule has 0 unspecified atom stereocenters. The van der Waals surface area contributed by atoms with Crippen LogP contribution in [0.1, 0.15) is 42.6 Å². The molecule has 0 radical (unpaired) electrons. The minimum absolute atomic E-state index is 0.0637. The second kappa shape index (κ2) is 6.28. The Morgan fingerprint density at radius 2 is 2.12 bits per heavy atom. The molecule has 0 bridgehead atoms. The molecule has 3 nitrogen and oxygen atoms in total. The topological polar surface area (TPSA) is 49.3 Å². The number of nitrogens with one attached hydrogen (secondary N) is 1. The third-order valence-electron chi connectivity index (χ3n) is 2.70. The van der Waals surface area contributed by atoms with Gasteiger partial charge in [-0.1, -0.05) is 13.8 Å². The molecule has 1 aromatic rings. The first-order valence-corrected chi connectivity index (χ1v) is 6.08. The Morgan fingerprint density at radius 3 is 2.71 bits per heavy atom. The molecule has 0 fully saturated rings. The highest BCUT2D eigenvalue weighted by Crippen LogP contribution is 2.15. The van der Waals surface area contributed by atoms with Gasteiger partial charge in [0.1, 0.15) is 5.75 Å². The third-order valence-corrected chi connectivity index (χ3v) is 2.70. The normalized spacial score (nSPS) is 10.6. The summed E-state index contributed by atoms with van der Waals surface area (Å²) in [6.45, 7) is 6.87. The van der Waals surface area contributed by atoms with Crippen LogP contribution in [0.5, 0.6) is 5.75 Å². The summed E-state index contributed by atoms with van der Waals surface area (Å²) in [7, 11) is 0. The minimum atomic E-state index is -0.0637. The van der Waals surface area contributed by atoms with E-state index in [0.717, 1.165) is 18.4 Å². The van der Waals surface area contributed by atoms with Crippen molar-refractivity contribution in [1.29, 1.82) is 0 Å². The van der Waals surface area contributed by atoms with E-state index in [-0.39, 0.29) is 11.7 Å². The number of benzene rings is 1. The predicted molar refractivity (Wildman–Crippen MR) is 69.2 cm³/mol. The fraction of sp³-hybridized carbons (Fsp3) is 0.500. The van der Waals surface area contributed by atoms with E-state index in [1.807, 2.05) is 6.92 Å². The number of carbonyl (C=O) groups is 1. The average Bonchev–Trinajstić information content (AvgIpc) is 2.23. The maximum absolute atomic E-state index is 11.8. The Bertz CT molecular complexity index is 386. The summed E-state index contributed by atoms with van der Waals surface area (Å²) < 4.78 is 0. The molecule has 0 heterocycles. The first kappa shape index (κ1) is 13.6. The van der Waals surface area contributed by atoms with Gasteiger partial charge in [-0.05, 0) is 49.4 Å². The molecule has 2 N–H and O–H groups in total. The lowest BCUT2D eigenvalue weighted by Crippen LogP contribution is -2.25. The molecule has 1 amide bonds. The van der Waals surface area contributed by atoms with Crippen molar-refractivity contribution in [2.75, 3.05) is 6.54 Å². The van der Waals surface area contributed by atoms with E-state index in [4.69, 9.17) is 0 Å². The third kappa shape index (κ3) is 4.47. The van der Waals surface area contributed by atoms with Crippen molar-refractivity contribution in [3.8, 4) is 5.75 Å². The summed E-state index contributed by atoms with van der Waals surface area (Å²) in [5.74, 6) is 0.799. The number of phenols is 1. The Balaban J connectivity index is 2.47. The van der Waals surface area contributed by atoms with E-state index in [1.165, 1.54) is 6.07 Å². The number of aryl methyl sites for hydroxylation is 1. The van der Waals surface area contributed by atoms with Crippen LogP contribution in [-0.4, -0.2) is 17.6 Å². The number of carbonyl (C=O) groups excluding carboxylic acids is 1. The highest BCUT2D eigenvalue weighted by atomic mass is 16.3. The van der Waals surface area contributed by atoms with Crippen molar-refractivity contribution in [2.24, 2.45) is 5.92 Å². The second-order valence-corrected chi connectivity index (χ2v) is 4.79. The second-order valence-electron chi connectivity index (χ2n) is 4.79. The molecule has 0 spiro atoms. The van der Waals surface area contributed by atoms with Gasteiger partial charge in [0, 0.05) is 12.1 Å². The molecule has 0 saturated heterocycles. The van der Waals surface area contributed by atoms with E-state index in [2.05, 4.69) is 19.2 Å². The van der Waals surface area contributed by atoms with Gasteiger partial charge in [-0.2, -0.15) is 0 Å². The molecule has 3 heteroatoms. The average molecular weight is 235 g/mol. The smallest absolute Gasteiger partial charge is 0.251 e. The lowest BCUT2D eigenvalue weighted by Gasteiger charge is -2.09. The Labute approximate surface area is 103 Å². The number of hydrogen-bond donors (Lipinski definition) is 2. The molecule has 0 aliphatic heterocycles. The molecule has 0 atom stereocenters. The lowest BCUT2D eigenvalue weighted by molar-refractivity contribution is 0.0952. The van der Waals surface area contributed by atoms with Crippen LogP contribution >= 0.6 is 0 Å². The van der Waals surface area contributed by atoms with Crippen LogP contribution < -0.4 is 5.32 Å². The molecular weight excluding hydrogens is 214 g/mol. The van der Waals surface area contributed by atoms with Gasteiger partial charge in [-0.25, -0.2) is 0 Å². The fourth-order valence-corrected chi connectivity index (χ4v) is 1.71. The summed E-state index contributed by atoms with van der Waals surface area (Å²) in [5.41, 5.74) is 1.43. The first-order chi connectivity index (χ1) is 8.00. The van der Waals surface area contributed by atoms with Crippen LogP contribution in [-0.2, 0) is 0 Å². The molecule has 0 aromatic heterocycles. The molecule has 1 aromatic carbocycles. The van der Waals surface area contributed by atoms with Gasteiger partial charge in [-0.15, -0.1) is 0 Å². The van der Waals surface area contributed by atoms with E-state index >= 15 is 0 Å². The molecule has 94 valence electrons. The van der Waals surface area contributed by atoms with Gasteiger partial charge < -0.3 is 10.4 Å². The molecular formula is C14H21NO2. The fourth-order valence-electron chi connectivity index (χ4n) is 1.71. The van der Waals surface area contributed by atoms with E-state index < -0.39 is 0 Å². The highest BCUT2D eigenvalue weighted by Gasteiger charge is 2.08. The monoisotopic (exact) mass is 235 g/mol. The summed E-state index contributed by atoms with van der Waals surface area (Å²) in [4.78, 5) is 11.8. The van der Waals surface area contributed by atoms with Crippen LogP contribution in [0.4, 0.5) is 0 Å².